The van der Waals surface area contributed by atoms with Gasteiger partial charge in [0.2, 0.25) is 0 Å². The third-order valence-corrected chi connectivity index (χ3v) is 8.42. The van der Waals surface area contributed by atoms with Crippen molar-refractivity contribution in [1.82, 2.24) is 0 Å². The fraction of sp³-hybridized carbons (Fsp3) is 0.314. The lowest BCUT2D eigenvalue weighted by molar-refractivity contribution is -0.338. The number of rotatable bonds is 13. The highest BCUT2D eigenvalue weighted by molar-refractivity contribution is 7.99. The molecule has 6 rings (SSSR count). The van der Waals surface area contributed by atoms with Crippen LogP contribution in [-0.2, 0) is 46.4 Å². The van der Waals surface area contributed by atoms with Crippen LogP contribution in [0, 0.1) is 0 Å². The van der Waals surface area contributed by atoms with Gasteiger partial charge in [-0.15, -0.1) is 0 Å². The topological polar surface area (TPSA) is 64.6 Å². The molecule has 2 heterocycles. The summed E-state index contributed by atoms with van der Waals surface area (Å²) in [6, 6.07) is 40.1. The van der Waals surface area contributed by atoms with Gasteiger partial charge in [-0.25, -0.2) is 0 Å². The number of fused-ring (bicyclic) bond motifs is 1. The molecular weight excluding hydrogens is 564 g/mol. The average molecular weight is 601 g/mol. The van der Waals surface area contributed by atoms with Crippen LogP contribution in [-0.4, -0.2) is 50.0 Å². The second-order valence-corrected chi connectivity index (χ2v) is 11.5. The Morgan fingerprint density at radius 3 is 1.74 bits per heavy atom. The highest BCUT2D eigenvalue weighted by atomic mass is 32.2. The van der Waals surface area contributed by atoms with Crippen LogP contribution in [0.3, 0.4) is 0 Å². The van der Waals surface area contributed by atoms with E-state index in [2.05, 4.69) is 12.1 Å². The van der Waals surface area contributed by atoms with Crippen LogP contribution < -0.4 is 0 Å². The van der Waals surface area contributed by atoms with Crippen molar-refractivity contribution in [3.05, 3.63) is 138 Å². The highest BCUT2D eigenvalue weighted by Crippen LogP contribution is 2.41. The van der Waals surface area contributed by atoms with Gasteiger partial charge >= 0.3 is 0 Å². The predicted molar refractivity (Wildman–Crippen MR) is 163 cm³/mol. The van der Waals surface area contributed by atoms with Gasteiger partial charge in [0.15, 0.2) is 6.29 Å². The summed E-state index contributed by atoms with van der Waals surface area (Å²) >= 11 is 1.59. The number of thioether (sulfide) groups is 1. The van der Waals surface area contributed by atoms with Crippen LogP contribution in [0.4, 0.5) is 0 Å². The zero-order valence-electron chi connectivity index (χ0n) is 23.8. The first-order valence-electron chi connectivity index (χ1n) is 14.5. The highest BCUT2D eigenvalue weighted by Gasteiger charge is 2.51. The number of ether oxygens (including phenoxy) is 7. The minimum Gasteiger partial charge on any atom is -0.356 e. The summed E-state index contributed by atoms with van der Waals surface area (Å²) in [5.74, 6) is 0. The van der Waals surface area contributed by atoms with E-state index in [0.29, 0.717) is 19.8 Å². The Morgan fingerprint density at radius 2 is 1.14 bits per heavy atom. The van der Waals surface area contributed by atoms with E-state index in [-0.39, 0.29) is 19.7 Å². The van der Waals surface area contributed by atoms with E-state index in [1.165, 1.54) is 0 Å². The molecule has 6 atom stereocenters. The Hall–Kier alpha value is -3.05. The Kier molecular flexibility index (Phi) is 10.9. The molecular formula is C35H36O7S. The maximum Gasteiger partial charge on any atom is 0.184 e. The van der Waals surface area contributed by atoms with Crippen LogP contribution >= 0.6 is 11.8 Å². The molecule has 2 aliphatic heterocycles. The maximum atomic E-state index is 6.62. The summed E-state index contributed by atoms with van der Waals surface area (Å²) in [6.07, 6.45) is -2.38. The molecule has 4 aromatic carbocycles. The van der Waals surface area contributed by atoms with Crippen molar-refractivity contribution in [3.63, 3.8) is 0 Å². The minimum absolute atomic E-state index is 0.0650. The quantitative estimate of drug-likeness (QED) is 0.124. The normalized spacial score (nSPS) is 25.2. The summed E-state index contributed by atoms with van der Waals surface area (Å²) in [5.41, 5.74) is 2.68. The Balaban J connectivity index is 1.20. The first kappa shape index (κ1) is 30.0. The summed E-state index contributed by atoms with van der Waals surface area (Å²) in [4.78, 5) is 1.06. The second kappa shape index (κ2) is 15.6. The first-order chi connectivity index (χ1) is 21.3. The van der Waals surface area contributed by atoms with Gasteiger partial charge < -0.3 is 33.2 Å². The molecule has 2 saturated heterocycles. The monoisotopic (exact) mass is 600 g/mol. The summed E-state index contributed by atoms with van der Waals surface area (Å²) in [6.45, 7) is 1.36. The molecule has 4 aromatic rings. The lowest BCUT2D eigenvalue weighted by Gasteiger charge is -2.48. The van der Waals surface area contributed by atoms with Gasteiger partial charge in [0, 0.05) is 10.5 Å². The summed E-state index contributed by atoms with van der Waals surface area (Å²) in [7, 11) is 0. The molecule has 43 heavy (non-hydrogen) atoms. The fourth-order valence-electron chi connectivity index (χ4n) is 5.14. The fourth-order valence-corrected chi connectivity index (χ4v) is 6.29. The maximum absolute atomic E-state index is 6.62. The van der Waals surface area contributed by atoms with E-state index >= 15 is 0 Å². The molecule has 0 aliphatic carbocycles. The zero-order chi connectivity index (χ0) is 29.1. The van der Waals surface area contributed by atoms with Crippen LogP contribution in [0.5, 0.6) is 0 Å². The van der Waals surface area contributed by atoms with Gasteiger partial charge in [-0.3, -0.25) is 0 Å². The van der Waals surface area contributed by atoms with E-state index in [4.69, 9.17) is 33.2 Å². The zero-order valence-corrected chi connectivity index (χ0v) is 24.6. The van der Waals surface area contributed by atoms with Gasteiger partial charge in [0.1, 0.15) is 43.4 Å². The standard InChI is InChI=1S/C35H36O7S/c1-5-13-26(14-6-1)21-36-24-39-32-31-30(23-38-34(42-31)28-17-9-3-10-18-28)41-35(43-29-19-11-4-12-20-29)33(32)40-25-37-22-27-15-7-2-8-16-27/h1-20,30-35H,21-25H2/t30?,31-,32?,33?,34?,35+/m1/s1. The molecule has 0 aromatic heterocycles. The van der Waals surface area contributed by atoms with Crippen molar-refractivity contribution in [3.8, 4) is 0 Å². The van der Waals surface area contributed by atoms with Crippen molar-refractivity contribution >= 4 is 11.8 Å². The van der Waals surface area contributed by atoms with Gasteiger partial charge in [0.25, 0.3) is 0 Å². The Labute approximate surface area is 257 Å². The predicted octanol–water partition coefficient (Wildman–Crippen LogP) is 6.74. The largest absolute Gasteiger partial charge is 0.356 e. The van der Waals surface area contributed by atoms with Crippen molar-refractivity contribution in [2.75, 3.05) is 20.2 Å². The Bertz CT molecular complexity index is 1350. The van der Waals surface area contributed by atoms with Gasteiger partial charge in [-0.05, 0) is 23.3 Å². The molecule has 8 heteroatoms. The molecule has 4 unspecified atom stereocenters. The third-order valence-electron chi connectivity index (χ3n) is 7.26. The molecule has 2 aliphatic rings. The Morgan fingerprint density at radius 1 is 0.605 bits per heavy atom. The van der Waals surface area contributed by atoms with E-state index < -0.39 is 30.0 Å². The van der Waals surface area contributed by atoms with Crippen molar-refractivity contribution < 1.29 is 33.2 Å². The van der Waals surface area contributed by atoms with Crippen LogP contribution in [0.1, 0.15) is 23.0 Å². The number of hydrogen-bond acceptors (Lipinski definition) is 8. The minimum atomic E-state index is -0.546. The lowest BCUT2D eigenvalue weighted by Crippen LogP contribution is -2.62. The first-order valence-corrected chi connectivity index (χ1v) is 15.4. The van der Waals surface area contributed by atoms with Gasteiger partial charge in [0.05, 0.1) is 19.8 Å². The average Bonchev–Trinajstić information content (AvgIpc) is 3.07. The second-order valence-electron chi connectivity index (χ2n) is 10.3. The molecule has 0 bridgehead atoms. The molecule has 2 fully saturated rings. The summed E-state index contributed by atoms with van der Waals surface area (Å²) in [5, 5.41) is 0. The van der Waals surface area contributed by atoms with Crippen LogP contribution in [0.15, 0.2) is 126 Å². The van der Waals surface area contributed by atoms with Gasteiger partial charge in [-0.2, -0.15) is 0 Å². The van der Waals surface area contributed by atoms with Crippen LogP contribution in [0.25, 0.3) is 0 Å². The molecule has 0 amide bonds. The molecule has 0 spiro atoms. The van der Waals surface area contributed by atoms with E-state index in [1.807, 2.05) is 109 Å². The smallest absolute Gasteiger partial charge is 0.184 e. The van der Waals surface area contributed by atoms with Crippen molar-refractivity contribution in [2.24, 2.45) is 0 Å². The third kappa shape index (κ3) is 8.32. The van der Waals surface area contributed by atoms with Crippen LogP contribution in [0.2, 0.25) is 0 Å². The number of hydrogen-bond donors (Lipinski definition) is 0. The lowest BCUT2D eigenvalue weighted by atomic mass is 9.98. The van der Waals surface area contributed by atoms with E-state index in [0.717, 1.165) is 21.6 Å². The van der Waals surface area contributed by atoms with Gasteiger partial charge in [-0.1, -0.05) is 121 Å². The molecule has 0 saturated carbocycles. The molecule has 0 radical (unpaired) electrons. The SMILES string of the molecule is c1ccc(COCOC2C(OCOCc3ccccc3)[C@H](Sc3ccccc3)OC3COC(c4ccccc4)O[C@H]32)cc1. The molecule has 7 nitrogen and oxygen atoms in total. The van der Waals surface area contributed by atoms with E-state index in [9.17, 15) is 0 Å². The van der Waals surface area contributed by atoms with Crippen molar-refractivity contribution in [2.45, 2.75) is 54.3 Å². The summed E-state index contributed by atoms with van der Waals surface area (Å²) < 4.78 is 44.1. The molecule has 224 valence electrons. The van der Waals surface area contributed by atoms with E-state index in [1.54, 1.807) is 11.8 Å². The van der Waals surface area contributed by atoms with Crippen molar-refractivity contribution in [1.29, 1.82) is 0 Å². The number of benzene rings is 4. The molecule has 0 N–H and O–H groups in total.